The summed E-state index contributed by atoms with van der Waals surface area (Å²) in [6, 6.07) is 8.31. The smallest absolute Gasteiger partial charge is 0.326 e. The van der Waals surface area contributed by atoms with Crippen LogP contribution >= 0.6 is 0 Å². The lowest BCUT2D eigenvalue weighted by Gasteiger charge is -2.33. The van der Waals surface area contributed by atoms with Crippen LogP contribution in [0.4, 0.5) is 0 Å². The molecule has 1 heterocycles. The largest absolute Gasteiger partial charge is 0.328 e. The van der Waals surface area contributed by atoms with Crippen LogP contribution in [0.15, 0.2) is 29.1 Å². The zero-order valence-electron chi connectivity index (χ0n) is 8.31. The van der Waals surface area contributed by atoms with Crippen molar-refractivity contribution in [3.8, 4) is 0 Å². The fourth-order valence-corrected chi connectivity index (χ4v) is 2.28. The summed E-state index contributed by atoms with van der Waals surface area (Å²) in [7, 11) is 0. The molecule has 1 aliphatic rings. The molecule has 1 aliphatic carbocycles. The number of hydrogen-bond donors (Lipinski definition) is 2. The maximum atomic E-state index is 11.7. The Hall–Kier alpha value is -1.55. The maximum absolute atomic E-state index is 11.7. The molecule has 3 rings (SSSR count). The van der Waals surface area contributed by atoms with Gasteiger partial charge in [-0.15, -0.1) is 0 Å². The number of imidazole rings is 1. The van der Waals surface area contributed by atoms with Gasteiger partial charge >= 0.3 is 5.69 Å². The third-order valence-corrected chi connectivity index (χ3v) is 3.14. The van der Waals surface area contributed by atoms with Crippen molar-refractivity contribution in [3.63, 3.8) is 0 Å². The van der Waals surface area contributed by atoms with Crippen molar-refractivity contribution in [2.75, 3.05) is 0 Å². The summed E-state index contributed by atoms with van der Waals surface area (Å²) < 4.78 is 1.83. The van der Waals surface area contributed by atoms with E-state index in [1.165, 1.54) is 0 Å². The van der Waals surface area contributed by atoms with Gasteiger partial charge in [-0.05, 0) is 25.0 Å². The van der Waals surface area contributed by atoms with E-state index in [-0.39, 0.29) is 17.8 Å². The summed E-state index contributed by atoms with van der Waals surface area (Å²) in [4.78, 5) is 14.6. The predicted octanol–water partition coefficient (Wildman–Crippen LogP) is 0.992. The fourth-order valence-electron chi connectivity index (χ4n) is 2.28. The maximum Gasteiger partial charge on any atom is 0.326 e. The zero-order valence-corrected chi connectivity index (χ0v) is 8.31. The van der Waals surface area contributed by atoms with Crippen molar-refractivity contribution in [2.24, 2.45) is 5.73 Å². The predicted molar refractivity (Wildman–Crippen MR) is 58.8 cm³/mol. The summed E-state index contributed by atoms with van der Waals surface area (Å²) in [6.07, 6.45) is 1.81. The Morgan fingerprint density at radius 2 is 2.07 bits per heavy atom. The van der Waals surface area contributed by atoms with Crippen LogP contribution in [-0.2, 0) is 0 Å². The number of fused-ring (bicyclic) bond motifs is 1. The highest BCUT2D eigenvalue weighted by atomic mass is 16.1. The Morgan fingerprint density at radius 1 is 1.33 bits per heavy atom. The number of aromatic nitrogens is 2. The van der Waals surface area contributed by atoms with E-state index in [1.54, 1.807) is 0 Å². The second-order valence-corrected chi connectivity index (χ2v) is 4.20. The van der Waals surface area contributed by atoms with E-state index < -0.39 is 0 Å². The quantitative estimate of drug-likeness (QED) is 0.726. The Labute approximate surface area is 86.7 Å². The number of nitrogens with two attached hydrogens (primary N) is 1. The van der Waals surface area contributed by atoms with Crippen molar-refractivity contribution in [3.05, 3.63) is 34.7 Å². The molecule has 1 aromatic carbocycles. The van der Waals surface area contributed by atoms with Gasteiger partial charge in [0.05, 0.1) is 11.0 Å². The van der Waals surface area contributed by atoms with E-state index in [4.69, 9.17) is 5.73 Å². The highest BCUT2D eigenvalue weighted by Gasteiger charge is 2.29. The number of nitrogens with one attached hydrogen (secondary N) is 1. The van der Waals surface area contributed by atoms with Gasteiger partial charge in [0, 0.05) is 12.1 Å². The van der Waals surface area contributed by atoms with Gasteiger partial charge in [0.25, 0.3) is 0 Å². The van der Waals surface area contributed by atoms with Crippen molar-refractivity contribution < 1.29 is 0 Å². The van der Waals surface area contributed by atoms with Crippen LogP contribution in [0.2, 0.25) is 0 Å². The average Bonchev–Trinajstić information content (AvgIpc) is 2.49. The normalized spacial score (nSPS) is 25.4. The molecule has 4 heteroatoms. The van der Waals surface area contributed by atoms with Gasteiger partial charge < -0.3 is 10.7 Å². The molecular weight excluding hydrogens is 190 g/mol. The monoisotopic (exact) mass is 203 g/mol. The molecular formula is C11H13N3O. The summed E-state index contributed by atoms with van der Waals surface area (Å²) in [5.74, 6) is 0. The first kappa shape index (κ1) is 8.73. The van der Waals surface area contributed by atoms with Gasteiger partial charge in [0.1, 0.15) is 0 Å². The minimum atomic E-state index is -0.0203. The van der Waals surface area contributed by atoms with Crippen LogP contribution in [0.25, 0.3) is 11.0 Å². The Kier molecular flexibility index (Phi) is 1.73. The number of aromatic amines is 1. The second-order valence-electron chi connectivity index (χ2n) is 4.20. The summed E-state index contributed by atoms with van der Waals surface area (Å²) >= 11 is 0. The first-order valence-electron chi connectivity index (χ1n) is 5.20. The first-order chi connectivity index (χ1) is 7.25. The van der Waals surface area contributed by atoms with Gasteiger partial charge in [-0.25, -0.2) is 4.79 Å². The van der Waals surface area contributed by atoms with Crippen LogP contribution in [0, 0.1) is 0 Å². The van der Waals surface area contributed by atoms with Crippen LogP contribution < -0.4 is 11.4 Å². The molecule has 3 N–H and O–H groups in total. The summed E-state index contributed by atoms with van der Waals surface area (Å²) in [6.45, 7) is 0. The van der Waals surface area contributed by atoms with E-state index in [1.807, 2.05) is 28.8 Å². The van der Waals surface area contributed by atoms with Crippen molar-refractivity contribution in [1.29, 1.82) is 0 Å². The van der Waals surface area contributed by atoms with Crippen molar-refractivity contribution in [1.82, 2.24) is 9.55 Å². The third-order valence-electron chi connectivity index (χ3n) is 3.14. The lowest BCUT2D eigenvalue weighted by atomic mass is 9.87. The molecule has 1 fully saturated rings. The number of nitrogens with zero attached hydrogens (tertiary/aromatic N) is 1. The van der Waals surface area contributed by atoms with Gasteiger partial charge in [0.15, 0.2) is 0 Å². The van der Waals surface area contributed by atoms with Crippen LogP contribution in [0.3, 0.4) is 0 Å². The standard InChI is InChI=1S/C11H13N3O/c12-7-5-8(6-7)14-10-4-2-1-3-9(10)13-11(14)15/h1-4,7-8H,5-6,12H2,(H,13,15). The molecule has 2 aromatic rings. The average molecular weight is 203 g/mol. The minimum Gasteiger partial charge on any atom is -0.328 e. The molecule has 4 nitrogen and oxygen atoms in total. The van der Waals surface area contributed by atoms with E-state index >= 15 is 0 Å². The van der Waals surface area contributed by atoms with Gasteiger partial charge in [-0.1, -0.05) is 12.1 Å². The Morgan fingerprint density at radius 3 is 2.80 bits per heavy atom. The zero-order chi connectivity index (χ0) is 10.4. The lowest BCUT2D eigenvalue weighted by Crippen LogP contribution is -2.40. The Balaban J connectivity index is 2.17. The number of benzene rings is 1. The Bertz CT molecular complexity index is 548. The number of H-pyrrole nitrogens is 1. The van der Waals surface area contributed by atoms with Crippen LogP contribution in [0.5, 0.6) is 0 Å². The van der Waals surface area contributed by atoms with Gasteiger partial charge in [0.2, 0.25) is 0 Å². The molecule has 0 bridgehead atoms. The summed E-state index contributed by atoms with van der Waals surface area (Å²) in [5, 5.41) is 0. The highest BCUT2D eigenvalue weighted by Crippen LogP contribution is 2.31. The van der Waals surface area contributed by atoms with Gasteiger partial charge in [-0.2, -0.15) is 0 Å². The van der Waals surface area contributed by atoms with Crippen LogP contribution in [-0.4, -0.2) is 15.6 Å². The fraction of sp³-hybridized carbons (Fsp3) is 0.364. The number of rotatable bonds is 1. The molecule has 78 valence electrons. The molecule has 0 unspecified atom stereocenters. The molecule has 0 atom stereocenters. The number of hydrogen-bond acceptors (Lipinski definition) is 2. The molecule has 0 amide bonds. The third kappa shape index (κ3) is 1.22. The molecule has 0 spiro atoms. The molecule has 0 saturated heterocycles. The van der Waals surface area contributed by atoms with E-state index in [0.717, 1.165) is 23.9 Å². The first-order valence-corrected chi connectivity index (χ1v) is 5.20. The van der Waals surface area contributed by atoms with E-state index in [0.29, 0.717) is 0 Å². The second kappa shape index (κ2) is 2.97. The molecule has 1 saturated carbocycles. The molecule has 0 radical (unpaired) electrons. The van der Waals surface area contributed by atoms with Crippen molar-refractivity contribution >= 4 is 11.0 Å². The van der Waals surface area contributed by atoms with E-state index in [9.17, 15) is 4.79 Å². The topological polar surface area (TPSA) is 63.8 Å². The molecule has 15 heavy (non-hydrogen) atoms. The highest BCUT2D eigenvalue weighted by molar-refractivity contribution is 5.75. The number of para-hydroxylation sites is 2. The van der Waals surface area contributed by atoms with Crippen molar-refractivity contribution in [2.45, 2.75) is 24.9 Å². The molecule has 0 aliphatic heterocycles. The van der Waals surface area contributed by atoms with Crippen LogP contribution in [0.1, 0.15) is 18.9 Å². The minimum absolute atomic E-state index is 0.0203. The lowest BCUT2D eigenvalue weighted by molar-refractivity contribution is 0.267. The summed E-state index contributed by atoms with van der Waals surface area (Å²) in [5.41, 5.74) is 7.61. The van der Waals surface area contributed by atoms with Gasteiger partial charge in [-0.3, -0.25) is 4.57 Å². The van der Waals surface area contributed by atoms with E-state index in [2.05, 4.69) is 4.98 Å². The molecule has 1 aromatic heterocycles. The SMILES string of the molecule is NC1CC(n2c(=O)[nH]c3ccccc32)C1.